The minimum atomic E-state index is -1.12. The zero-order chi connectivity index (χ0) is 12.3. The molecule has 0 radical (unpaired) electrons. The number of hydrogen-bond donors (Lipinski definition) is 2. The molecule has 2 atom stereocenters. The summed E-state index contributed by atoms with van der Waals surface area (Å²) in [7, 11) is 0. The van der Waals surface area contributed by atoms with Crippen molar-refractivity contribution in [3.05, 3.63) is 0 Å². The number of carbonyl (C=O) groups excluding carboxylic acids is 1. The Hall–Kier alpha value is -1.14. The van der Waals surface area contributed by atoms with Crippen molar-refractivity contribution in [2.75, 3.05) is 13.2 Å². The topological polar surface area (TPSA) is 84.9 Å². The molecule has 6 nitrogen and oxygen atoms in total. The lowest BCUT2D eigenvalue weighted by molar-refractivity contribution is -0.177. The maximum Gasteiger partial charge on any atom is 0.338 e. The van der Waals surface area contributed by atoms with Crippen LogP contribution in [0.4, 0.5) is 0 Å². The number of hydrogen-bond acceptors (Lipinski definition) is 5. The van der Waals surface area contributed by atoms with Gasteiger partial charge in [0, 0.05) is 6.54 Å². The third-order valence-electron chi connectivity index (χ3n) is 1.97. The van der Waals surface area contributed by atoms with E-state index in [1.807, 2.05) is 0 Å². The first-order chi connectivity index (χ1) is 7.31. The molecule has 0 aromatic carbocycles. The van der Waals surface area contributed by atoms with Crippen LogP contribution >= 0.6 is 0 Å². The van der Waals surface area contributed by atoms with Crippen LogP contribution in [0.25, 0.3) is 0 Å². The first-order valence-electron chi connectivity index (χ1n) is 5.12. The molecule has 92 valence electrons. The molecule has 1 saturated heterocycles. The first-order valence-corrected chi connectivity index (χ1v) is 5.12. The molecule has 0 aromatic rings. The van der Waals surface area contributed by atoms with Gasteiger partial charge < -0.3 is 14.6 Å². The van der Waals surface area contributed by atoms with Crippen molar-refractivity contribution in [2.45, 2.75) is 38.5 Å². The van der Waals surface area contributed by atoms with Gasteiger partial charge in [-0.2, -0.15) is 0 Å². The van der Waals surface area contributed by atoms with Crippen LogP contribution < -0.4 is 5.32 Å². The summed E-state index contributed by atoms with van der Waals surface area (Å²) in [6, 6.07) is -1.04. The summed E-state index contributed by atoms with van der Waals surface area (Å²) in [5.41, 5.74) is -0.652. The molecule has 1 aliphatic rings. The highest BCUT2D eigenvalue weighted by atomic mass is 16.6. The molecule has 16 heavy (non-hydrogen) atoms. The van der Waals surface area contributed by atoms with Gasteiger partial charge in [-0.15, -0.1) is 0 Å². The number of carboxylic acids is 1. The standard InChI is InChI=1S/C10H17NO5/c1-10(2,3)16-9(14)7-6(8(12)13)11-4-5-15-7/h6-7,11H,4-5H2,1-3H3,(H,12,13)/t6-,7?/m0/s1. The van der Waals surface area contributed by atoms with Crippen molar-refractivity contribution in [3.8, 4) is 0 Å². The third-order valence-corrected chi connectivity index (χ3v) is 1.97. The fourth-order valence-electron chi connectivity index (χ4n) is 1.38. The predicted octanol–water partition coefficient (Wildman–Crippen LogP) is -0.230. The molecule has 1 fully saturated rings. The van der Waals surface area contributed by atoms with Crippen molar-refractivity contribution in [1.29, 1.82) is 0 Å². The molecule has 0 saturated carbocycles. The van der Waals surface area contributed by atoms with E-state index in [1.54, 1.807) is 20.8 Å². The van der Waals surface area contributed by atoms with Crippen LogP contribution in [0.2, 0.25) is 0 Å². The fourth-order valence-corrected chi connectivity index (χ4v) is 1.38. The minimum Gasteiger partial charge on any atom is -0.480 e. The summed E-state index contributed by atoms with van der Waals surface area (Å²) >= 11 is 0. The number of carboxylic acid groups (broad SMARTS) is 1. The Morgan fingerprint density at radius 2 is 2.06 bits per heavy atom. The van der Waals surface area contributed by atoms with Gasteiger partial charge in [0.05, 0.1) is 6.61 Å². The lowest BCUT2D eigenvalue weighted by Crippen LogP contribution is -2.57. The van der Waals surface area contributed by atoms with E-state index in [0.29, 0.717) is 13.2 Å². The first kappa shape index (κ1) is 12.9. The van der Waals surface area contributed by atoms with Crippen LogP contribution in [0, 0.1) is 0 Å². The molecule has 2 N–H and O–H groups in total. The predicted molar refractivity (Wildman–Crippen MR) is 55.0 cm³/mol. The van der Waals surface area contributed by atoms with E-state index in [2.05, 4.69) is 5.32 Å². The van der Waals surface area contributed by atoms with Crippen LogP contribution in [0.1, 0.15) is 20.8 Å². The quantitative estimate of drug-likeness (QED) is 0.638. The second-order valence-electron chi connectivity index (χ2n) is 4.59. The van der Waals surface area contributed by atoms with Crippen molar-refractivity contribution < 1.29 is 24.2 Å². The number of morpholine rings is 1. The molecule has 0 aliphatic carbocycles. The summed E-state index contributed by atoms with van der Waals surface area (Å²) in [4.78, 5) is 22.6. The second kappa shape index (κ2) is 4.80. The van der Waals surface area contributed by atoms with Gasteiger partial charge in [-0.25, -0.2) is 4.79 Å². The van der Waals surface area contributed by atoms with Crippen molar-refractivity contribution in [3.63, 3.8) is 0 Å². The van der Waals surface area contributed by atoms with Crippen molar-refractivity contribution in [2.24, 2.45) is 0 Å². The van der Waals surface area contributed by atoms with Gasteiger partial charge in [-0.05, 0) is 20.8 Å². The van der Waals surface area contributed by atoms with Gasteiger partial charge in [0.1, 0.15) is 11.6 Å². The number of ether oxygens (including phenoxy) is 2. The highest BCUT2D eigenvalue weighted by molar-refractivity contribution is 5.85. The SMILES string of the molecule is CC(C)(C)OC(=O)C1OCCN[C@@H]1C(=O)O. The van der Waals surface area contributed by atoms with E-state index in [9.17, 15) is 9.59 Å². The molecular formula is C10H17NO5. The Bertz CT molecular complexity index is 283. The fraction of sp³-hybridized carbons (Fsp3) is 0.800. The highest BCUT2D eigenvalue weighted by Crippen LogP contribution is 2.13. The summed E-state index contributed by atoms with van der Waals surface area (Å²) in [5, 5.41) is 11.6. The van der Waals surface area contributed by atoms with Crippen LogP contribution in [0.3, 0.4) is 0 Å². The number of rotatable bonds is 2. The maximum absolute atomic E-state index is 11.7. The minimum absolute atomic E-state index is 0.299. The molecule has 1 rings (SSSR count). The number of esters is 1. The van der Waals surface area contributed by atoms with E-state index >= 15 is 0 Å². The zero-order valence-corrected chi connectivity index (χ0v) is 9.65. The van der Waals surface area contributed by atoms with E-state index < -0.39 is 29.7 Å². The average molecular weight is 231 g/mol. The summed E-state index contributed by atoms with van der Waals surface area (Å²) in [6.45, 7) is 5.87. The van der Waals surface area contributed by atoms with Crippen molar-refractivity contribution >= 4 is 11.9 Å². The summed E-state index contributed by atoms with van der Waals surface area (Å²) in [5.74, 6) is -1.76. The third kappa shape index (κ3) is 3.46. The smallest absolute Gasteiger partial charge is 0.338 e. The summed E-state index contributed by atoms with van der Waals surface area (Å²) < 4.78 is 10.2. The van der Waals surface area contributed by atoms with Crippen molar-refractivity contribution in [1.82, 2.24) is 5.32 Å². The molecule has 1 unspecified atom stereocenters. The monoisotopic (exact) mass is 231 g/mol. The molecule has 0 amide bonds. The maximum atomic E-state index is 11.7. The van der Waals surface area contributed by atoms with E-state index in [1.165, 1.54) is 0 Å². The normalized spacial score (nSPS) is 26.2. The molecule has 0 spiro atoms. The molecule has 1 aliphatic heterocycles. The van der Waals surface area contributed by atoms with Crippen LogP contribution in [0.15, 0.2) is 0 Å². The van der Waals surface area contributed by atoms with Gasteiger partial charge in [0.25, 0.3) is 0 Å². The Morgan fingerprint density at radius 3 is 2.56 bits per heavy atom. The highest BCUT2D eigenvalue weighted by Gasteiger charge is 2.39. The Balaban J connectivity index is 2.68. The second-order valence-corrected chi connectivity index (χ2v) is 4.59. The Morgan fingerprint density at radius 1 is 1.44 bits per heavy atom. The lowest BCUT2D eigenvalue weighted by Gasteiger charge is -2.30. The largest absolute Gasteiger partial charge is 0.480 e. The van der Waals surface area contributed by atoms with E-state index in [-0.39, 0.29) is 0 Å². The number of nitrogens with one attached hydrogen (secondary N) is 1. The van der Waals surface area contributed by atoms with Gasteiger partial charge in [0.15, 0.2) is 6.10 Å². The Labute approximate surface area is 93.9 Å². The van der Waals surface area contributed by atoms with Gasteiger partial charge in [-0.3, -0.25) is 10.1 Å². The van der Waals surface area contributed by atoms with E-state index in [0.717, 1.165) is 0 Å². The number of carbonyl (C=O) groups is 2. The lowest BCUT2D eigenvalue weighted by atomic mass is 10.1. The summed E-state index contributed by atoms with van der Waals surface area (Å²) in [6.07, 6.45) is -1.08. The zero-order valence-electron chi connectivity index (χ0n) is 9.65. The molecule has 0 aromatic heterocycles. The number of aliphatic carboxylic acids is 1. The van der Waals surface area contributed by atoms with Crippen LogP contribution in [0.5, 0.6) is 0 Å². The van der Waals surface area contributed by atoms with E-state index in [4.69, 9.17) is 14.6 Å². The van der Waals surface area contributed by atoms with Gasteiger partial charge in [0.2, 0.25) is 0 Å². The molecule has 1 heterocycles. The van der Waals surface area contributed by atoms with Crippen LogP contribution in [-0.2, 0) is 19.1 Å². The molecule has 6 heteroatoms. The van der Waals surface area contributed by atoms with Gasteiger partial charge in [-0.1, -0.05) is 0 Å². The molecular weight excluding hydrogens is 214 g/mol. The Kier molecular flexibility index (Phi) is 3.88. The molecule has 0 bridgehead atoms. The van der Waals surface area contributed by atoms with Crippen LogP contribution in [-0.4, -0.2) is 47.9 Å². The average Bonchev–Trinajstić information content (AvgIpc) is 2.15. The van der Waals surface area contributed by atoms with Gasteiger partial charge >= 0.3 is 11.9 Å².